The van der Waals surface area contributed by atoms with Gasteiger partial charge in [0.25, 0.3) is 15.9 Å². The van der Waals surface area contributed by atoms with Gasteiger partial charge in [0.05, 0.1) is 24.4 Å². The number of anilines is 1. The molecule has 1 aliphatic heterocycles. The summed E-state index contributed by atoms with van der Waals surface area (Å²) in [4.78, 5) is 15.1. The van der Waals surface area contributed by atoms with E-state index in [1.54, 1.807) is 43.3 Å². The molecule has 3 aromatic rings. The summed E-state index contributed by atoms with van der Waals surface area (Å²) in [5, 5.41) is 8.99. The zero-order valence-corrected chi connectivity index (χ0v) is 20.5. The summed E-state index contributed by atoms with van der Waals surface area (Å²) >= 11 is 0. The van der Waals surface area contributed by atoms with Crippen LogP contribution in [0.2, 0.25) is 0 Å². The Labute approximate surface area is 206 Å². The van der Waals surface area contributed by atoms with Crippen molar-refractivity contribution in [1.29, 1.82) is 5.26 Å². The van der Waals surface area contributed by atoms with Crippen LogP contribution in [0.15, 0.2) is 71.6 Å². The third kappa shape index (κ3) is 5.31. The van der Waals surface area contributed by atoms with Crippen LogP contribution in [-0.2, 0) is 10.0 Å². The standard InChI is InChI=1S/C27H27N3O4S/c1-19-7-10-23(17-24(19)29-35(32,33)26-6-4-3-5-25(26)34-2)27(31)30-15-13-22(14-16-30)21-11-8-20(18-28)9-12-21/h3-12,17,22,29H,13-16H2,1-2H3. The molecule has 1 N–H and O–H groups in total. The van der Waals surface area contributed by atoms with Gasteiger partial charge in [-0.15, -0.1) is 0 Å². The number of nitrogens with zero attached hydrogens (tertiary/aromatic N) is 2. The number of sulfonamides is 1. The van der Waals surface area contributed by atoms with Crippen LogP contribution in [0.4, 0.5) is 5.69 Å². The number of para-hydroxylation sites is 1. The molecule has 0 aromatic heterocycles. The number of hydrogen-bond donors (Lipinski definition) is 1. The summed E-state index contributed by atoms with van der Waals surface area (Å²) in [7, 11) is -2.49. The number of amides is 1. The molecular formula is C27H27N3O4S. The first-order valence-electron chi connectivity index (χ1n) is 11.4. The summed E-state index contributed by atoms with van der Waals surface area (Å²) in [5.41, 5.74) is 3.32. The molecule has 3 aromatic carbocycles. The fraction of sp³-hybridized carbons (Fsp3) is 0.259. The van der Waals surface area contributed by atoms with E-state index in [2.05, 4.69) is 10.8 Å². The highest BCUT2D eigenvalue weighted by atomic mass is 32.2. The number of carbonyl (C=O) groups excluding carboxylic acids is 1. The number of benzene rings is 3. The number of carbonyl (C=O) groups is 1. The molecule has 0 unspecified atom stereocenters. The molecule has 0 saturated carbocycles. The van der Waals surface area contributed by atoms with Crippen molar-refractivity contribution < 1.29 is 17.9 Å². The number of nitrogens with one attached hydrogen (secondary N) is 1. The molecule has 0 atom stereocenters. The fourth-order valence-electron chi connectivity index (χ4n) is 4.33. The van der Waals surface area contributed by atoms with Gasteiger partial charge in [0, 0.05) is 18.7 Å². The zero-order chi connectivity index (χ0) is 25.0. The maximum absolute atomic E-state index is 13.2. The molecule has 0 radical (unpaired) electrons. The van der Waals surface area contributed by atoms with Gasteiger partial charge in [-0.2, -0.15) is 5.26 Å². The van der Waals surface area contributed by atoms with Crippen molar-refractivity contribution in [2.75, 3.05) is 24.9 Å². The van der Waals surface area contributed by atoms with Crippen LogP contribution < -0.4 is 9.46 Å². The molecule has 180 valence electrons. The van der Waals surface area contributed by atoms with Crippen molar-refractivity contribution in [3.8, 4) is 11.8 Å². The summed E-state index contributed by atoms with van der Waals surface area (Å²) < 4.78 is 33.9. The first-order chi connectivity index (χ1) is 16.8. The number of ether oxygens (including phenoxy) is 1. The van der Waals surface area contributed by atoms with Crippen LogP contribution in [0.5, 0.6) is 5.75 Å². The van der Waals surface area contributed by atoms with Gasteiger partial charge in [-0.25, -0.2) is 8.42 Å². The molecule has 35 heavy (non-hydrogen) atoms. The number of nitriles is 1. The topological polar surface area (TPSA) is 99.5 Å². The molecule has 0 bridgehead atoms. The van der Waals surface area contributed by atoms with Crippen LogP contribution in [0.1, 0.15) is 45.8 Å². The normalized spacial score (nSPS) is 14.3. The SMILES string of the molecule is COc1ccccc1S(=O)(=O)Nc1cc(C(=O)N2CCC(c3ccc(C#N)cc3)CC2)ccc1C. The van der Waals surface area contributed by atoms with Gasteiger partial charge >= 0.3 is 0 Å². The number of piperidine rings is 1. The van der Waals surface area contributed by atoms with E-state index in [1.165, 1.54) is 18.7 Å². The van der Waals surface area contributed by atoms with E-state index in [4.69, 9.17) is 10.00 Å². The smallest absolute Gasteiger partial charge is 0.265 e. The zero-order valence-electron chi connectivity index (χ0n) is 19.7. The predicted octanol–water partition coefficient (Wildman–Crippen LogP) is 4.70. The van der Waals surface area contributed by atoms with Crippen LogP contribution in [0.3, 0.4) is 0 Å². The van der Waals surface area contributed by atoms with Crippen molar-refractivity contribution in [3.05, 3.63) is 89.0 Å². The second-order valence-corrected chi connectivity index (χ2v) is 10.2. The van der Waals surface area contributed by atoms with Gasteiger partial charge in [-0.05, 0) is 73.2 Å². The average molecular weight is 490 g/mol. The summed E-state index contributed by atoms with van der Waals surface area (Å²) in [6.45, 7) is 3.01. The van der Waals surface area contributed by atoms with Gasteiger partial charge in [0.2, 0.25) is 0 Å². The van der Waals surface area contributed by atoms with Crippen molar-refractivity contribution in [2.45, 2.75) is 30.6 Å². The number of rotatable bonds is 6. The summed E-state index contributed by atoms with van der Waals surface area (Å²) in [6, 6.07) is 21.2. The van der Waals surface area contributed by atoms with E-state index in [0.717, 1.165) is 12.8 Å². The molecule has 4 rings (SSSR count). The van der Waals surface area contributed by atoms with E-state index in [0.29, 0.717) is 41.4 Å². The van der Waals surface area contributed by atoms with Crippen molar-refractivity contribution in [3.63, 3.8) is 0 Å². The maximum atomic E-state index is 13.2. The third-order valence-electron chi connectivity index (χ3n) is 6.38. The Kier molecular flexibility index (Phi) is 7.08. The van der Waals surface area contributed by atoms with Crippen LogP contribution in [-0.4, -0.2) is 39.4 Å². The molecule has 0 spiro atoms. The van der Waals surface area contributed by atoms with E-state index < -0.39 is 10.0 Å². The molecular weight excluding hydrogens is 462 g/mol. The molecule has 1 heterocycles. The van der Waals surface area contributed by atoms with Crippen molar-refractivity contribution in [1.82, 2.24) is 4.90 Å². The Bertz CT molecular complexity index is 1370. The van der Waals surface area contributed by atoms with E-state index in [-0.39, 0.29) is 16.6 Å². The van der Waals surface area contributed by atoms with Gasteiger partial charge < -0.3 is 9.64 Å². The number of aryl methyl sites for hydroxylation is 1. The van der Waals surface area contributed by atoms with Crippen molar-refractivity contribution in [2.24, 2.45) is 0 Å². The maximum Gasteiger partial charge on any atom is 0.265 e. The van der Waals surface area contributed by atoms with Crippen LogP contribution in [0.25, 0.3) is 0 Å². The predicted molar refractivity (Wildman–Crippen MR) is 134 cm³/mol. The molecule has 1 aliphatic rings. The first-order valence-corrected chi connectivity index (χ1v) is 12.9. The molecule has 8 heteroatoms. The lowest BCUT2D eigenvalue weighted by Crippen LogP contribution is -2.38. The lowest BCUT2D eigenvalue weighted by atomic mass is 9.89. The first kappa shape index (κ1) is 24.3. The van der Waals surface area contributed by atoms with Gasteiger partial charge in [-0.1, -0.05) is 30.3 Å². The Balaban J connectivity index is 1.47. The Hall–Kier alpha value is -3.83. The molecule has 7 nitrogen and oxygen atoms in total. The van der Waals surface area contributed by atoms with E-state index in [1.807, 2.05) is 29.2 Å². The Morgan fingerprint density at radius 3 is 2.40 bits per heavy atom. The minimum Gasteiger partial charge on any atom is -0.495 e. The average Bonchev–Trinajstić information content (AvgIpc) is 2.89. The molecule has 0 aliphatic carbocycles. The highest BCUT2D eigenvalue weighted by molar-refractivity contribution is 7.92. The minimum absolute atomic E-state index is 0.0310. The largest absolute Gasteiger partial charge is 0.495 e. The molecule has 1 amide bonds. The highest BCUT2D eigenvalue weighted by Crippen LogP contribution is 2.30. The Morgan fingerprint density at radius 1 is 1.06 bits per heavy atom. The quantitative estimate of drug-likeness (QED) is 0.541. The van der Waals surface area contributed by atoms with Gasteiger partial charge in [-0.3, -0.25) is 9.52 Å². The number of likely N-dealkylation sites (tertiary alicyclic amines) is 1. The minimum atomic E-state index is -3.91. The monoisotopic (exact) mass is 489 g/mol. The fourth-order valence-corrected chi connectivity index (χ4v) is 5.63. The molecule has 1 saturated heterocycles. The van der Waals surface area contributed by atoms with Gasteiger partial charge in [0.15, 0.2) is 0 Å². The van der Waals surface area contributed by atoms with E-state index in [9.17, 15) is 13.2 Å². The van der Waals surface area contributed by atoms with Crippen molar-refractivity contribution >= 4 is 21.6 Å². The lowest BCUT2D eigenvalue weighted by molar-refractivity contribution is 0.0713. The van der Waals surface area contributed by atoms with Gasteiger partial charge in [0.1, 0.15) is 10.6 Å². The van der Waals surface area contributed by atoms with Crippen LogP contribution >= 0.6 is 0 Å². The Morgan fingerprint density at radius 2 is 1.74 bits per heavy atom. The summed E-state index contributed by atoms with van der Waals surface area (Å²) in [5.74, 6) is 0.462. The summed E-state index contributed by atoms with van der Waals surface area (Å²) in [6.07, 6.45) is 1.66. The van der Waals surface area contributed by atoms with E-state index >= 15 is 0 Å². The lowest BCUT2D eigenvalue weighted by Gasteiger charge is -2.32. The second-order valence-electron chi connectivity index (χ2n) is 8.59. The number of methoxy groups -OCH3 is 1. The number of hydrogen-bond acceptors (Lipinski definition) is 5. The van der Waals surface area contributed by atoms with Crippen LogP contribution in [0, 0.1) is 18.3 Å². The molecule has 1 fully saturated rings. The highest BCUT2D eigenvalue weighted by Gasteiger charge is 2.26. The third-order valence-corrected chi connectivity index (χ3v) is 7.79. The second kappa shape index (κ2) is 10.2.